The van der Waals surface area contributed by atoms with Crippen molar-refractivity contribution in [3.63, 3.8) is 0 Å². The first-order valence-corrected chi connectivity index (χ1v) is 13.3. The van der Waals surface area contributed by atoms with Crippen molar-refractivity contribution in [3.05, 3.63) is 144 Å². The number of aromatic nitrogens is 2. The second-order valence-electron chi connectivity index (χ2n) is 10.6. The van der Waals surface area contributed by atoms with E-state index in [1.54, 1.807) is 12.4 Å². The third-order valence-corrected chi connectivity index (χ3v) is 8.83. The minimum atomic E-state index is -1.57. The van der Waals surface area contributed by atoms with E-state index in [-0.39, 0.29) is 29.6 Å². The Balaban J connectivity index is 1.45. The molecule has 2 aliphatic carbocycles. The van der Waals surface area contributed by atoms with Crippen molar-refractivity contribution in [3.8, 4) is 0 Å². The molecule has 7 atom stereocenters. The summed E-state index contributed by atoms with van der Waals surface area (Å²) >= 11 is 0. The maximum Gasteiger partial charge on any atom is 0.231 e. The zero-order valence-corrected chi connectivity index (χ0v) is 21.1. The van der Waals surface area contributed by atoms with Gasteiger partial charge in [-0.1, -0.05) is 78.9 Å². The number of pyridine rings is 2. The van der Waals surface area contributed by atoms with Gasteiger partial charge >= 0.3 is 0 Å². The topological polar surface area (TPSA) is 92.2 Å². The lowest BCUT2D eigenvalue weighted by molar-refractivity contribution is -0.127. The van der Waals surface area contributed by atoms with Crippen LogP contribution in [0.2, 0.25) is 0 Å². The molecule has 2 aromatic heterocycles. The Kier molecular flexibility index (Phi) is 5.53. The fourth-order valence-electron chi connectivity index (χ4n) is 7.39. The Labute approximate surface area is 226 Å². The Bertz CT molecular complexity index is 1480. The van der Waals surface area contributed by atoms with Gasteiger partial charge in [-0.15, -0.1) is 0 Å². The van der Waals surface area contributed by atoms with E-state index in [4.69, 9.17) is 4.98 Å². The molecule has 192 valence electrons. The van der Waals surface area contributed by atoms with Gasteiger partial charge in [-0.05, 0) is 52.8 Å². The van der Waals surface area contributed by atoms with Crippen molar-refractivity contribution >= 4 is 11.8 Å². The van der Waals surface area contributed by atoms with Crippen molar-refractivity contribution in [2.45, 2.75) is 11.5 Å². The number of hydrogen-bond donors (Lipinski definition) is 2. The number of carbonyl (C=O) groups excluding carboxylic acids is 2. The van der Waals surface area contributed by atoms with E-state index in [1.165, 1.54) is 0 Å². The Morgan fingerprint density at radius 1 is 0.718 bits per heavy atom. The predicted molar refractivity (Wildman–Crippen MR) is 145 cm³/mol. The summed E-state index contributed by atoms with van der Waals surface area (Å²) in [4.78, 5) is 35.9. The molecule has 1 saturated heterocycles. The summed E-state index contributed by atoms with van der Waals surface area (Å²) in [5.74, 6) is -2.52. The SMILES string of the molecule is O=C1NC(=O)C2C1C1C=C(C(O)(c3ccccc3)c3ccccn3)C2C1C(c1ccccc1)c1ccccn1. The van der Waals surface area contributed by atoms with Crippen LogP contribution in [0.25, 0.3) is 0 Å². The average Bonchev–Trinajstić information content (AvgIpc) is 3.63. The van der Waals surface area contributed by atoms with Gasteiger partial charge < -0.3 is 5.11 Å². The lowest BCUT2D eigenvalue weighted by atomic mass is 9.69. The number of allylic oxidation sites excluding steroid dienone is 1. The number of nitrogens with zero attached hydrogens (tertiary/aromatic N) is 2. The summed E-state index contributed by atoms with van der Waals surface area (Å²) in [5, 5.41) is 15.3. The van der Waals surface area contributed by atoms with E-state index in [1.807, 2.05) is 84.9 Å². The molecule has 7 rings (SSSR count). The van der Waals surface area contributed by atoms with E-state index in [9.17, 15) is 14.7 Å². The Morgan fingerprint density at radius 2 is 1.36 bits per heavy atom. The van der Waals surface area contributed by atoms with Gasteiger partial charge in [0.05, 0.1) is 17.5 Å². The average molecular weight is 514 g/mol. The molecule has 2 aromatic carbocycles. The molecule has 6 heteroatoms. The van der Waals surface area contributed by atoms with Crippen LogP contribution in [-0.2, 0) is 15.2 Å². The zero-order valence-electron chi connectivity index (χ0n) is 21.1. The quantitative estimate of drug-likeness (QED) is 0.297. The largest absolute Gasteiger partial charge is 0.375 e. The summed E-state index contributed by atoms with van der Waals surface area (Å²) in [5.41, 5.74) is 2.28. The highest BCUT2D eigenvalue weighted by molar-refractivity contribution is 6.06. The van der Waals surface area contributed by atoms with Crippen molar-refractivity contribution in [2.75, 3.05) is 0 Å². The highest BCUT2D eigenvalue weighted by Gasteiger charge is 2.67. The molecular weight excluding hydrogens is 486 g/mol. The summed E-state index contributed by atoms with van der Waals surface area (Å²) < 4.78 is 0. The van der Waals surface area contributed by atoms with Gasteiger partial charge in [0.15, 0.2) is 5.60 Å². The molecule has 1 saturated carbocycles. The van der Waals surface area contributed by atoms with E-state index < -0.39 is 23.4 Å². The number of rotatable bonds is 6. The lowest BCUT2D eigenvalue weighted by Gasteiger charge is -2.37. The van der Waals surface area contributed by atoms with Crippen LogP contribution in [0.4, 0.5) is 0 Å². The van der Waals surface area contributed by atoms with Crippen molar-refractivity contribution < 1.29 is 14.7 Å². The van der Waals surface area contributed by atoms with Crippen LogP contribution in [0.15, 0.2) is 121 Å². The molecule has 39 heavy (non-hydrogen) atoms. The third kappa shape index (κ3) is 3.52. The molecular formula is C33H27N3O3. The van der Waals surface area contributed by atoms with Crippen molar-refractivity contribution in [2.24, 2.45) is 29.6 Å². The lowest BCUT2D eigenvalue weighted by Crippen LogP contribution is -2.39. The molecule has 4 aromatic rings. The number of imide groups is 1. The van der Waals surface area contributed by atoms with Gasteiger partial charge in [-0.3, -0.25) is 24.9 Å². The van der Waals surface area contributed by atoms with E-state index in [2.05, 4.69) is 28.5 Å². The monoisotopic (exact) mass is 513 g/mol. The molecule has 0 spiro atoms. The van der Waals surface area contributed by atoms with E-state index in [0.717, 1.165) is 16.8 Å². The number of aliphatic hydroxyl groups is 1. The van der Waals surface area contributed by atoms with Gasteiger partial charge in [0.1, 0.15) is 0 Å². The number of amides is 2. The standard InChI is InChI=1S/C33H27N3O3/c37-31-28-22-19-23(33(39,21-13-5-2-6-14-21)25-16-8-10-18-35-25)29(30(28)32(38)36-31)27(22)26(20-11-3-1-4-12-20)24-15-7-9-17-34-24/h1-19,22,26-30,39H,(H,36,37,38). The number of benzene rings is 2. The molecule has 7 unspecified atom stereocenters. The van der Waals surface area contributed by atoms with Crippen LogP contribution in [0, 0.1) is 29.6 Å². The van der Waals surface area contributed by atoms with Crippen LogP contribution >= 0.6 is 0 Å². The zero-order chi connectivity index (χ0) is 26.6. The number of hydrogen-bond acceptors (Lipinski definition) is 5. The molecule has 1 aliphatic heterocycles. The summed E-state index contributed by atoms with van der Waals surface area (Å²) in [6.45, 7) is 0. The predicted octanol–water partition coefficient (Wildman–Crippen LogP) is 4.24. The van der Waals surface area contributed by atoms with Gasteiger partial charge in [-0.25, -0.2) is 0 Å². The molecule has 0 radical (unpaired) electrons. The van der Waals surface area contributed by atoms with Crippen LogP contribution in [-0.4, -0.2) is 26.9 Å². The first-order chi connectivity index (χ1) is 19.1. The second-order valence-corrected chi connectivity index (χ2v) is 10.6. The Morgan fingerprint density at radius 3 is 2.03 bits per heavy atom. The van der Waals surface area contributed by atoms with Gasteiger partial charge in [0.25, 0.3) is 0 Å². The molecule has 2 fully saturated rings. The maximum atomic E-state index is 13.4. The molecule has 2 amide bonds. The number of fused-ring (bicyclic) bond motifs is 5. The van der Waals surface area contributed by atoms with Gasteiger partial charge in [0, 0.05) is 29.9 Å². The van der Waals surface area contributed by atoms with Crippen LogP contribution in [0.1, 0.15) is 28.4 Å². The van der Waals surface area contributed by atoms with E-state index >= 15 is 0 Å². The van der Waals surface area contributed by atoms with Crippen molar-refractivity contribution in [1.29, 1.82) is 0 Å². The molecule has 2 N–H and O–H groups in total. The van der Waals surface area contributed by atoms with Crippen LogP contribution in [0.5, 0.6) is 0 Å². The van der Waals surface area contributed by atoms with E-state index in [0.29, 0.717) is 11.3 Å². The molecule has 3 heterocycles. The summed E-state index contributed by atoms with van der Waals surface area (Å²) in [6, 6.07) is 31.0. The highest BCUT2D eigenvalue weighted by Crippen LogP contribution is 2.65. The first-order valence-electron chi connectivity index (χ1n) is 13.3. The fraction of sp³-hybridized carbons (Fsp3) is 0.212. The third-order valence-electron chi connectivity index (χ3n) is 8.83. The highest BCUT2D eigenvalue weighted by atomic mass is 16.3. The molecule has 3 aliphatic rings. The molecule has 2 bridgehead atoms. The molecule has 6 nitrogen and oxygen atoms in total. The van der Waals surface area contributed by atoms with Gasteiger partial charge in [0.2, 0.25) is 11.8 Å². The fourth-order valence-corrected chi connectivity index (χ4v) is 7.39. The smallest absolute Gasteiger partial charge is 0.231 e. The van der Waals surface area contributed by atoms with Crippen molar-refractivity contribution in [1.82, 2.24) is 15.3 Å². The van der Waals surface area contributed by atoms with Gasteiger partial charge in [-0.2, -0.15) is 0 Å². The normalized spacial score (nSPS) is 27.4. The minimum Gasteiger partial charge on any atom is -0.375 e. The van der Waals surface area contributed by atoms with Crippen LogP contribution < -0.4 is 5.32 Å². The minimum absolute atomic E-state index is 0.152. The van der Waals surface area contributed by atoms with Crippen LogP contribution in [0.3, 0.4) is 0 Å². The maximum absolute atomic E-state index is 13.4. The second kappa shape index (κ2) is 9.10. The first kappa shape index (κ1) is 23.7. The number of nitrogens with one attached hydrogen (secondary N) is 1. The Hall–Kier alpha value is -4.42. The summed E-state index contributed by atoms with van der Waals surface area (Å²) in [7, 11) is 0. The summed E-state index contributed by atoms with van der Waals surface area (Å²) in [6.07, 6.45) is 5.52. The number of carbonyl (C=O) groups is 2.